The van der Waals surface area contributed by atoms with Crippen molar-refractivity contribution in [2.24, 2.45) is 0 Å². The van der Waals surface area contributed by atoms with E-state index in [1.807, 2.05) is 4.98 Å². The summed E-state index contributed by atoms with van der Waals surface area (Å²) in [7, 11) is 0. The summed E-state index contributed by atoms with van der Waals surface area (Å²) in [6.07, 6.45) is -3.61. The Kier molecular flexibility index (Phi) is 5.93. The molecule has 2 heterocycles. The van der Waals surface area contributed by atoms with Gasteiger partial charge < -0.3 is 18.9 Å². The van der Waals surface area contributed by atoms with Crippen molar-refractivity contribution < 1.29 is 33.3 Å². The second kappa shape index (κ2) is 7.95. The van der Waals surface area contributed by atoms with Gasteiger partial charge in [-0.3, -0.25) is 28.7 Å². The van der Waals surface area contributed by atoms with E-state index >= 15 is 0 Å². The fourth-order valence-electron chi connectivity index (χ4n) is 2.59. The van der Waals surface area contributed by atoms with Gasteiger partial charge in [0.1, 0.15) is 0 Å². The molecule has 1 aliphatic rings. The SMILES string of the molecule is CC(=O)O[C@@H]1[C@H](OC(C)=O)[C@H](OC(C)=O)CO[C@H]1n1ccc(=O)[nH]c1=O. The molecule has 142 valence electrons. The van der Waals surface area contributed by atoms with Crippen LogP contribution in [-0.2, 0) is 33.3 Å². The number of hydrogen-bond acceptors (Lipinski definition) is 9. The maximum absolute atomic E-state index is 12.1. The highest BCUT2D eigenvalue weighted by Gasteiger charge is 2.47. The van der Waals surface area contributed by atoms with E-state index in [9.17, 15) is 24.0 Å². The van der Waals surface area contributed by atoms with Gasteiger partial charge in [0.25, 0.3) is 5.56 Å². The molecule has 0 aromatic carbocycles. The van der Waals surface area contributed by atoms with Gasteiger partial charge in [0.15, 0.2) is 24.5 Å². The zero-order valence-corrected chi connectivity index (χ0v) is 14.3. The van der Waals surface area contributed by atoms with Crippen LogP contribution in [0.15, 0.2) is 21.9 Å². The topological polar surface area (TPSA) is 143 Å². The van der Waals surface area contributed by atoms with Gasteiger partial charge >= 0.3 is 23.6 Å². The highest BCUT2D eigenvalue weighted by atomic mass is 16.6. The molecule has 1 aromatic rings. The summed E-state index contributed by atoms with van der Waals surface area (Å²) in [5.74, 6) is -2.10. The molecule has 1 saturated heterocycles. The van der Waals surface area contributed by atoms with Gasteiger partial charge in [-0.1, -0.05) is 0 Å². The molecule has 1 aromatic heterocycles. The number of H-pyrrole nitrogens is 1. The van der Waals surface area contributed by atoms with Crippen LogP contribution in [0.1, 0.15) is 27.0 Å². The van der Waals surface area contributed by atoms with E-state index < -0.39 is 53.7 Å². The van der Waals surface area contributed by atoms with Crippen molar-refractivity contribution in [3.63, 3.8) is 0 Å². The minimum absolute atomic E-state index is 0.231. The Morgan fingerprint density at radius 1 is 1.04 bits per heavy atom. The lowest BCUT2D eigenvalue weighted by molar-refractivity contribution is -0.240. The van der Waals surface area contributed by atoms with Gasteiger partial charge in [-0.05, 0) is 0 Å². The lowest BCUT2D eigenvalue weighted by Crippen LogP contribution is -2.56. The number of aromatic nitrogens is 2. The summed E-state index contributed by atoms with van der Waals surface area (Å²) in [5.41, 5.74) is -1.44. The van der Waals surface area contributed by atoms with Crippen molar-refractivity contribution in [2.75, 3.05) is 6.61 Å². The quantitative estimate of drug-likeness (QED) is 0.514. The standard InChI is InChI=1S/C15H18N2O9/c1-7(18)24-10-6-23-14(17-5-4-11(21)16-15(17)22)13(26-9(3)20)12(10)25-8(2)19/h4-5,10,12-14H,6H2,1-3H3,(H,16,21,22)/t10-,12-,13-,14-/m1/s1. The minimum atomic E-state index is -1.29. The van der Waals surface area contributed by atoms with Crippen LogP contribution >= 0.6 is 0 Å². The summed E-state index contributed by atoms with van der Waals surface area (Å²) >= 11 is 0. The lowest BCUT2D eigenvalue weighted by Gasteiger charge is -2.40. The Balaban J connectivity index is 2.46. The van der Waals surface area contributed by atoms with E-state index in [0.29, 0.717) is 0 Å². The molecule has 0 aliphatic carbocycles. The Labute approximate surface area is 146 Å². The summed E-state index contributed by atoms with van der Waals surface area (Å²) in [6, 6.07) is 1.08. The summed E-state index contributed by atoms with van der Waals surface area (Å²) in [4.78, 5) is 59.6. The predicted molar refractivity (Wildman–Crippen MR) is 83.0 cm³/mol. The first-order chi connectivity index (χ1) is 12.2. The second-order valence-electron chi connectivity index (χ2n) is 5.54. The highest BCUT2D eigenvalue weighted by Crippen LogP contribution is 2.29. The van der Waals surface area contributed by atoms with E-state index in [-0.39, 0.29) is 6.61 Å². The predicted octanol–water partition coefficient (Wildman–Crippen LogP) is -1.14. The Morgan fingerprint density at radius 3 is 2.15 bits per heavy atom. The molecule has 0 bridgehead atoms. The first kappa shape index (κ1) is 19.4. The number of aromatic amines is 1. The molecule has 2 rings (SSSR count). The van der Waals surface area contributed by atoms with Crippen LogP contribution in [0, 0.1) is 0 Å². The number of rotatable bonds is 4. The number of carbonyl (C=O) groups is 3. The van der Waals surface area contributed by atoms with Gasteiger partial charge in [-0.2, -0.15) is 0 Å². The molecule has 26 heavy (non-hydrogen) atoms. The smallest absolute Gasteiger partial charge is 0.330 e. The molecule has 4 atom stereocenters. The largest absolute Gasteiger partial charge is 0.456 e. The average molecular weight is 370 g/mol. The van der Waals surface area contributed by atoms with Gasteiger partial charge in [-0.25, -0.2) is 4.79 Å². The summed E-state index contributed by atoms with van der Waals surface area (Å²) in [6.45, 7) is 3.18. The highest BCUT2D eigenvalue weighted by molar-refractivity contribution is 5.68. The molecule has 0 amide bonds. The van der Waals surface area contributed by atoms with Crippen LogP contribution < -0.4 is 11.2 Å². The third kappa shape index (κ3) is 4.57. The first-order valence-electron chi connectivity index (χ1n) is 7.63. The van der Waals surface area contributed by atoms with Gasteiger partial charge in [-0.15, -0.1) is 0 Å². The van der Waals surface area contributed by atoms with E-state index in [2.05, 4.69) is 0 Å². The van der Waals surface area contributed by atoms with Gasteiger partial charge in [0.05, 0.1) is 6.61 Å². The van der Waals surface area contributed by atoms with Crippen molar-refractivity contribution in [1.82, 2.24) is 9.55 Å². The minimum Gasteiger partial charge on any atom is -0.456 e. The number of hydrogen-bond donors (Lipinski definition) is 1. The molecule has 1 N–H and O–H groups in total. The van der Waals surface area contributed by atoms with Gasteiger partial charge in [0, 0.05) is 33.0 Å². The fraction of sp³-hybridized carbons (Fsp3) is 0.533. The van der Waals surface area contributed by atoms with Crippen molar-refractivity contribution in [2.45, 2.75) is 45.3 Å². The summed E-state index contributed by atoms with van der Waals surface area (Å²) in [5, 5.41) is 0. The van der Waals surface area contributed by atoms with Gasteiger partial charge in [0.2, 0.25) is 0 Å². The maximum atomic E-state index is 12.1. The zero-order chi connectivity index (χ0) is 19.4. The maximum Gasteiger partial charge on any atom is 0.330 e. The van der Waals surface area contributed by atoms with Crippen LogP contribution in [-0.4, -0.2) is 52.4 Å². The molecule has 0 unspecified atom stereocenters. The monoisotopic (exact) mass is 370 g/mol. The molecule has 1 aliphatic heterocycles. The van der Waals surface area contributed by atoms with Crippen molar-refractivity contribution >= 4 is 17.9 Å². The summed E-state index contributed by atoms with van der Waals surface area (Å²) < 4.78 is 21.9. The Bertz CT molecular complexity index is 812. The van der Waals surface area contributed by atoms with E-state index in [1.54, 1.807) is 0 Å². The van der Waals surface area contributed by atoms with Crippen molar-refractivity contribution in [3.05, 3.63) is 33.1 Å². The number of nitrogens with zero attached hydrogens (tertiary/aromatic N) is 1. The molecular weight excluding hydrogens is 352 g/mol. The third-order valence-corrected chi connectivity index (χ3v) is 3.45. The van der Waals surface area contributed by atoms with Crippen LogP contribution in [0.25, 0.3) is 0 Å². The molecule has 11 heteroatoms. The number of carbonyl (C=O) groups excluding carboxylic acids is 3. The Hall–Kier alpha value is -2.95. The Morgan fingerprint density at radius 2 is 1.62 bits per heavy atom. The zero-order valence-electron chi connectivity index (χ0n) is 14.3. The van der Waals surface area contributed by atoms with Crippen LogP contribution in [0.2, 0.25) is 0 Å². The van der Waals surface area contributed by atoms with Crippen LogP contribution in [0.4, 0.5) is 0 Å². The fourth-order valence-corrected chi connectivity index (χ4v) is 2.59. The number of esters is 3. The average Bonchev–Trinajstić information content (AvgIpc) is 2.50. The molecular formula is C15H18N2O9. The van der Waals surface area contributed by atoms with E-state index in [0.717, 1.165) is 37.6 Å². The second-order valence-corrected chi connectivity index (χ2v) is 5.54. The molecule has 11 nitrogen and oxygen atoms in total. The van der Waals surface area contributed by atoms with E-state index in [1.165, 1.54) is 0 Å². The molecule has 0 saturated carbocycles. The third-order valence-electron chi connectivity index (χ3n) is 3.45. The van der Waals surface area contributed by atoms with Crippen LogP contribution in [0.5, 0.6) is 0 Å². The van der Waals surface area contributed by atoms with Crippen LogP contribution in [0.3, 0.4) is 0 Å². The first-order valence-corrected chi connectivity index (χ1v) is 7.63. The number of nitrogens with one attached hydrogen (secondary N) is 1. The molecule has 0 spiro atoms. The van der Waals surface area contributed by atoms with Crippen molar-refractivity contribution in [3.8, 4) is 0 Å². The van der Waals surface area contributed by atoms with E-state index in [4.69, 9.17) is 18.9 Å². The molecule has 1 fully saturated rings. The lowest BCUT2D eigenvalue weighted by atomic mass is 10.0. The molecule has 0 radical (unpaired) electrons. The normalized spacial score (nSPS) is 25.2. The van der Waals surface area contributed by atoms with Crippen molar-refractivity contribution in [1.29, 1.82) is 0 Å². The number of ether oxygens (including phenoxy) is 4.